The minimum atomic E-state index is -1.20. The molecular weight excluding hydrogens is 126 g/mol. The average Bonchev–Trinajstić information content (AvgIpc) is 1.61. The fraction of sp³-hybridized carbons (Fsp3) is 1.00. The van der Waals surface area contributed by atoms with E-state index in [2.05, 4.69) is 0 Å². The second-order valence-corrected chi connectivity index (χ2v) is 2.73. The van der Waals surface area contributed by atoms with E-state index in [9.17, 15) is 0 Å². The van der Waals surface area contributed by atoms with Gasteiger partial charge in [-0.15, -0.1) is 11.6 Å². The maximum atomic E-state index is 8.51. The molecule has 0 amide bonds. The Morgan fingerprint density at radius 1 is 1.38 bits per heavy atom. The van der Waals surface area contributed by atoms with Gasteiger partial charge in [-0.2, -0.15) is 0 Å². The SMILES string of the molecule is OB(O)C1CCC1Cl. The van der Waals surface area contributed by atoms with Crippen LogP contribution in [0.3, 0.4) is 0 Å². The molecule has 0 radical (unpaired) electrons. The zero-order chi connectivity index (χ0) is 6.15. The molecule has 1 saturated carbocycles. The lowest BCUT2D eigenvalue weighted by molar-refractivity contribution is 0.340. The Morgan fingerprint density at radius 3 is 2.00 bits per heavy atom. The quantitative estimate of drug-likeness (QED) is 0.398. The van der Waals surface area contributed by atoms with E-state index in [1.54, 1.807) is 0 Å². The molecule has 0 spiro atoms. The van der Waals surface area contributed by atoms with Gasteiger partial charge >= 0.3 is 7.12 Å². The third-order valence-electron chi connectivity index (χ3n) is 1.62. The van der Waals surface area contributed by atoms with Gasteiger partial charge in [0, 0.05) is 11.2 Å². The Hall–Kier alpha value is 0.275. The van der Waals surface area contributed by atoms with Gasteiger partial charge in [-0.1, -0.05) is 0 Å². The van der Waals surface area contributed by atoms with Gasteiger partial charge in [0.15, 0.2) is 0 Å². The third kappa shape index (κ3) is 0.991. The van der Waals surface area contributed by atoms with Crippen molar-refractivity contribution in [3.8, 4) is 0 Å². The maximum Gasteiger partial charge on any atom is 0.456 e. The molecule has 0 aromatic carbocycles. The summed E-state index contributed by atoms with van der Waals surface area (Å²) in [5.74, 6) is -0.0725. The minimum absolute atomic E-state index is 0.00463. The highest BCUT2D eigenvalue weighted by atomic mass is 35.5. The van der Waals surface area contributed by atoms with Gasteiger partial charge in [0.1, 0.15) is 0 Å². The molecule has 2 nitrogen and oxygen atoms in total. The summed E-state index contributed by atoms with van der Waals surface area (Å²) >= 11 is 5.59. The first-order valence-corrected chi connectivity index (χ1v) is 3.15. The molecule has 1 fully saturated rings. The number of alkyl halides is 1. The van der Waals surface area contributed by atoms with Gasteiger partial charge in [-0.05, 0) is 12.8 Å². The molecule has 46 valence electrons. The molecule has 0 aromatic rings. The Morgan fingerprint density at radius 2 is 2.00 bits per heavy atom. The van der Waals surface area contributed by atoms with Crippen LogP contribution in [0, 0.1) is 0 Å². The van der Waals surface area contributed by atoms with E-state index in [1.807, 2.05) is 0 Å². The summed E-state index contributed by atoms with van der Waals surface area (Å²) in [7, 11) is -1.20. The average molecular weight is 134 g/mol. The highest BCUT2D eigenvalue weighted by Crippen LogP contribution is 2.38. The van der Waals surface area contributed by atoms with Crippen molar-refractivity contribution in [3.63, 3.8) is 0 Å². The zero-order valence-electron chi connectivity index (χ0n) is 4.42. The Kier molecular flexibility index (Phi) is 1.80. The standard InChI is InChI=1S/C4H8BClO2/c6-4-2-1-3(4)5(7)8/h3-4,7-8H,1-2H2. The van der Waals surface area contributed by atoms with Crippen LogP contribution in [-0.2, 0) is 0 Å². The minimum Gasteiger partial charge on any atom is -0.427 e. The molecular formula is C4H8BClO2. The Balaban J connectivity index is 2.26. The molecule has 2 unspecified atom stereocenters. The molecule has 2 N–H and O–H groups in total. The highest BCUT2D eigenvalue weighted by molar-refractivity contribution is 6.46. The van der Waals surface area contributed by atoms with Gasteiger partial charge in [-0.25, -0.2) is 0 Å². The van der Waals surface area contributed by atoms with Crippen molar-refractivity contribution in [2.45, 2.75) is 24.0 Å². The predicted octanol–water partition coefficient (Wildman–Crippen LogP) is 0.231. The number of halogens is 1. The summed E-state index contributed by atoms with van der Waals surface area (Å²) in [5, 5.41) is 17.0. The topological polar surface area (TPSA) is 40.5 Å². The fourth-order valence-electron chi connectivity index (χ4n) is 0.821. The van der Waals surface area contributed by atoms with Crippen molar-refractivity contribution in [2.24, 2.45) is 0 Å². The van der Waals surface area contributed by atoms with Crippen LogP contribution in [0.4, 0.5) is 0 Å². The lowest BCUT2D eigenvalue weighted by Gasteiger charge is -2.30. The molecule has 4 heteroatoms. The van der Waals surface area contributed by atoms with Gasteiger partial charge < -0.3 is 10.0 Å². The fourth-order valence-corrected chi connectivity index (χ4v) is 1.20. The van der Waals surface area contributed by atoms with E-state index in [-0.39, 0.29) is 11.2 Å². The van der Waals surface area contributed by atoms with E-state index in [4.69, 9.17) is 21.6 Å². The van der Waals surface area contributed by atoms with Crippen LogP contribution in [0.5, 0.6) is 0 Å². The van der Waals surface area contributed by atoms with Crippen molar-refractivity contribution < 1.29 is 10.0 Å². The largest absolute Gasteiger partial charge is 0.456 e. The predicted molar refractivity (Wildman–Crippen MR) is 32.8 cm³/mol. The van der Waals surface area contributed by atoms with Gasteiger partial charge in [0.05, 0.1) is 0 Å². The molecule has 2 atom stereocenters. The Bertz CT molecular complexity index is 83.4. The smallest absolute Gasteiger partial charge is 0.427 e. The second-order valence-electron chi connectivity index (χ2n) is 2.17. The van der Waals surface area contributed by atoms with Gasteiger partial charge in [0.2, 0.25) is 0 Å². The molecule has 0 aromatic heterocycles. The zero-order valence-corrected chi connectivity index (χ0v) is 5.17. The summed E-state index contributed by atoms with van der Waals surface area (Å²) in [6, 6.07) is 0. The van der Waals surface area contributed by atoms with Gasteiger partial charge in [0.25, 0.3) is 0 Å². The van der Waals surface area contributed by atoms with Crippen LogP contribution in [-0.4, -0.2) is 22.5 Å². The van der Waals surface area contributed by atoms with Crippen molar-refractivity contribution in [3.05, 3.63) is 0 Å². The van der Waals surface area contributed by atoms with Gasteiger partial charge in [-0.3, -0.25) is 0 Å². The van der Waals surface area contributed by atoms with E-state index in [0.29, 0.717) is 0 Å². The number of rotatable bonds is 1. The van der Waals surface area contributed by atoms with E-state index < -0.39 is 7.12 Å². The normalized spacial score (nSPS) is 36.4. The number of hydrogen-bond donors (Lipinski definition) is 2. The first-order chi connectivity index (χ1) is 3.72. The van der Waals surface area contributed by atoms with Crippen LogP contribution in [0.15, 0.2) is 0 Å². The first-order valence-electron chi connectivity index (χ1n) is 2.72. The van der Waals surface area contributed by atoms with Crippen LogP contribution in [0.2, 0.25) is 5.82 Å². The molecule has 8 heavy (non-hydrogen) atoms. The number of hydrogen-bond acceptors (Lipinski definition) is 2. The lowest BCUT2D eigenvalue weighted by atomic mass is 9.61. The van der Waals surface area contributed by atoms with Crippen LogP contribution < -0.4 is 0 Å². The first kappa shape index (κ1) is 6.40. The summed E-state index contributed by atoms with van der Waals surface area (Å²) in [4.78, 5) is 0. The molecule has 1 rings (SSSR count). The van der Waals surface area contributed by atoms with Crippen molar-refractivity contribution in [2.75, 3.05) is 0 Å². The monoisotopic (exact) mass is 134 g/mol. The van der Waals surface area contributed by atoms with E-state index >= 15 is 0 Å². The van der Waals surface area contributed by atoms with Crippen molar-refractivity contribution in [1.82, 2.24) is 0 Å². The summed E-state index contributed by atoms with van der Waals surface area (Å²) in [5.41, 5.74) is 0. The van der Waals surface area contributed by atoms with Crippen molar-refractivity contribution in [1.29, 1.82) is 0 Å². The summed E-state index contributed by atoms with van der Waals surface area (Å²) in [6.45, 7) is 0. The maximum absolute atomic E-state index is 8.51. The Labute approximate surface area is 53.6 Å². The van der Waals surface area contributed by atoms with Crippen molar-refractivity contribution >= 4 is 18.7 Å². The summed E-state index contributed by atoms with van der Waals surface area (Å²) < 4.78 is 0. The second kappa shape index (κ2) is 2.25. The highest BCUT2D eigenvalue weighted by Gasteiger charge is 2.37. The van der Waals surface area contributed by atoms with E-state index in [1.165, 1.54) is 0 Å². The van der Waals surface area contributed by atoms with E-state index in [0.717, 1.165) is 12.8 Å². The molecule has 0 aliphatic heterocycles. The van der Waals surface area contributed by atoms with Crippen LogP contribution in [0.1, 0.15) is 12.8 Å². The van der Waals surface area contributed by atoms with Crippen LogP contribution in [0.25, 0.3) is 0 Å². The molecule has 1 aliphatic carbocycles. The lowest BCUT2D eigenvalue weighted by Crippen LogP contribution is -2.34. The molecule has 1 aliphatic rings. The molecule has 0 saturated heterocycles. The van der Waals surface area contributed by atoms with Crippen LogP contribution >= 0.6 is 11.6 Å². The summed E-state index contributed by atoms with van der Waals surface area (Å²) in [6.07, 6.45) is 1.77. The third-order valence-corrected chi connectivity index (χ3v) is 2.17. The molecule has 0 bridgehead atoms. The molecule has 0 heterocycles.